The van der Waals surface area contributed by atoms with E-state index in [0.29, 0.717) is 11.4 Å². The molecule has 1 N–H and O–H groups in total. The summed E-state index contributed by atoms with van der Waals surface area (Å²) in [6.45, 7) is 3.16. The molecule has 0 spiro atoms. The number of aromatic nitrogens is 1. The minimum absolute atomic E-state index is 0.104. The highest BCUT2D eigenvalue weighted by atomic mass is 35.5. The van der Waals surface area contributed by atoms with Gasteiger partial charge in [0.1, 0.15) is 17.4 Å². The molecule has 1 heterocycles. The van der Waals surface area contributed by atoms with E-state index in [-0.39, 0.29) is 34.0 Å². The smallest absolute Gasteiger partial charge is 0.271 e. The number of halogens is 2. The molecule has 2 rings (SSSR count). The fourth-order valence-electron chi connectivity index (χ4n) is 2.62. The van der Waals surface area contributed by atoms with Gasteiger partial charge in [0.05, 0.1) is 10.6 Å². The largest absolute Gasteiger partial charge is 0.494 e. The van der Waals surface area contributed by atoms with Gasteiger partial charge in [-0.15, -0.1) is 0 Å². The molecular weight excluding hydrogens is 391 g/mol. The number of pyridine rings is 1. The number of ether oxygens (including phenoxy) is 1. The summed E-state index contributed by atoms with van der Waals surface area (Å²) in [6.07, 6.45) is 1.40. The van der Waals surface area contributed by atoms with E-state index >= 15 is 0 Å². The van der Waals surface area contributed by atoms with E-state index in [1.54, 1.807) is 6.07 Å². The monoisotopic (exact) mass is 408 g/mol. The predicted molar refractivity (Wildman–Crippen MR) is 103 cm³/mol. The molecule has 27 heavy (non-hydrogen) atoms. The van der Waals surface area contributed by atoms with Crippen LogP contribution < -0.4 is 10.3 Å². The zero-order valence-electron chi connectivity index (χ0n) is 14.9. The average molecular weight is 409 g/mol. The molecule has 142 valence electrons. The summed E-state index contributed by atoms with van der Waals surface area (Å²) in [5.41, 5.74) is -0.758. The Bertz CT molecular complexity index is 977. The number of carbonyl (C=O) groups excluding carboxylic acids is 1. The van der Waals surface area contributed by atoms with Crippen molar-refractivity contribution in [1.82, 2.24) is 4.57 Å². The third-order valence-corrected chi connectivity index (χ3v) is 4.60. The van der Waals surface area contributed by atoms with Crippen LogP contribution in [0.1, 0.15) is 41.3 Å². The Labute approximate surface area is 166 Å². The van der Waals surface area contributed by atoms with Gasteiger partial charge in [0.25, 0.3) is 5.56 Å². The van der Waals surface area contributed by atoms with Crippen LogP contribution in [-0.4, -0.2) is 22.1 Å². The Morgan fingerprint density at radius 3 is 2.67 bits per heavy atom. The van der Waals surface area contributed by atoms with Crippen molar-refractivity contribution >= 4 is 29.0 Å². The van der Waals surface area contributed by atoms with E-state index in [9.17, 15) is 20.0 Å². The quantitative estimate of drug-likeness (QED) is 0.695. The SMILES string of the molecule is CCCCn1c(O)c(C(=O)COc2ccc(Cl)cc2Cl)c(C)c(C#N)c1=O. The fraction of sp³-hybridized carbons (Fsp3) is 0.316. The second-order valence-corrected chi connectivity index (χ2v) is 6.75. The Morgan fingerprint density at radius 2 is 2.07 bits per heavy atom. The van der Waals surface area contributed by atoms with Gasteiger partial charge in [-0.2, -0.15) is 5.26 Å². The molecule has 0 atom stereocenters. The standard InChI is InChI=1S/C19H18Cl2N2O4/c1-3-4-7-23-18(25)13(9-22)11(2)17(19(23)26)15(24)10-27-16-6-5-12(20)8-14(16)21/h5-6,8,26H,3-4,7,10H2,1-2H3. The molecule has 0 unspecified atom stereocenters. The molecular formula is C19H18Cl2N2O4. The minimum Gasteiger partial charge on any atom is -0.494 e. The number of nitriles is 1. The van der Waals surface area contributed by atoms with Crippen LogP contribution in [0.4, 0.5) is 0 Å². The molecule has 2 aromatic rings. The molecule has 0 fully saturated rings. The van der Waals surface area contributed by atoms with Crippen molar-refractivity contribution in [2.75, 3.05) is 6.61 Å². The second kappa shape index (κ2) is 8.94. The molecule has 0 saturated heterocycles. The van der Waals surface area contributed by atoms with Gasteiger partial charge < -0.3 is 9.84 Å². The lowest BCUT2D eigenvalue weighted by Crippen LogP contribution is -2.27. The third kappa shape index (κ3) is 4.44. The van der Waals surface area contributed by atoms with Crippen molar-refractivity contribution < 1.29 is 14.6 Å². The number of hydrogen-bond donors (Lipinski definition) is 1. The number of carbonyl (C=O) groups is 1. The first-order valence-corrected chi connectivity index (χ1v) is 9.04. The van der Waals surface area contributed by atoms with Crippen LogP contribution >= 0.6 is 23.2 Å². The van der Waals surface area contributed by atoms with E-state index in [1.807, 2.05) is 13.0 Å². The van der Waals surface area contributed by atoms with Crippen LogP contribution in [0.15, 0.2) is 23.0 Å². The summed E-state index contributed by atoms with van der Waals surface area (Å²) in [4.78, 5) is 25.1. The van der Waals surface area contributed by atoms with Crippen LogP contribution in [-0.2, 0) is 6.54 Å². The van der Waals surface area contributed by atoms with Crippen LogP contribution in [0, 0.1) is 18.3 Å². The zero-order chi connectivity index (χ0) is 20.1. The van der Waals surface area contributed by atoms with Crippen molar-refractivity contribution in [2.24, 2.45) is 0 Å². The first-order chi connectivity index (χ1) is 12.8. The van der Waals surface area contributed by atoms with E-state index in [2.05, 4.69) is 0 Å². The Morgan fingerprint density at radius 1 is 1.37 bits per heavy atom. The van der Waals surface area contributed by atoms with Gasteiger partial charge in [0.15, 0.2) is 6.61 Å². The van der Waals surface area contributed by atoms with Gasteiger partial charge in [-0.3, -0.25) is 14.2 Å². The van der Waals surface area contributed by atoms with Crippen LogP contribution in [0.25, 0.3) is 0 Å². The molecule has 8 heteroatoms. The maximum absolute atomic E-state index is 12.7. The van der Waals surface area contributed by atoms with Crippen LogP contribution in [0.2, 0.25) is 10.0 Å². The maximum Gasteiger partial charge on any atom is 0.271 e. The molecule has 0 bridgehead atoms. The lowest BCUT2D eigenvalue weighted by atomic mass is 10.0. The lowest BCUT2D eigenvalue weighted by Gasteiger charge is -2.15. The molecule has 0 aliphatic carbocycles. The van der Waals surface area contributed by atoms with Crippen molar-refractivity contribution in [3.05, 3.63) is 55.3 Å². The van der Waals surface area contributed by atoms with Crippen molar-refractivity contribution in [2.45, 2.75) is 33.2 Å². The Hall–Kier alpha value is -2.49. The summed E-state index contributed by atoms with van der Waals surface area (Å²) >= 11 is 11.8. The average Bonchev–Trinajstić information content (AvgIpc) is 2.61. The van der Waals surface area contributed by atoms with Gasteiger partial charge in [0, 0.05) is 11.6 Å². The number of ketones is 1. The minimum atomic E-state index is -0.612. The summed E-state index contributed by atoms with van der Waals surface area (Å²) in [5, 5.41) is 20.5. The molecule has 0 radical (unpaired) electrons. The highest BCUT2D eigenvalue weighted by Gasteiger charge is 2.24. The predicted octanol–water partition coefficient (Wildman–Crippen LogP) is 4.10. The summed E-state index contributed by atoms with van der Waals surface area (Å²) < 4.78 is 6.47. The number of aromatic hydroxyl groups is 1. The van der Waals surface area contributed by atoms with Crippen LogP contribution in [0.3, 0.4) is 0 Å². The number of Topliss-reactive ketones (excluding diaryl/α,β-unsaturated/α-hetero) is 1. The second-order valence-electron chi connectivity index (χ2n) is 5.91. The van der Waals surface area contributed by atoms with Crippen molar-refractivity contribution in [1.29, 1.82) is 5.26 Å². The summed E-state index contributed by atoms with van der Waals surface area (Å²) in [5.74, 6) is -0.773. The molecule has 0 aliphatic heterocycles. The third-order valence-electron chi connectivity index (χ3n) is 4.07. The van der Waals surface area contributed by atoms with Gasteiger partial charge in [-0.25, -0.2) is 0 Å². The highest BCUT2D eigenvalue weighted by molar-refractivity contribution is 6.35. The van der Waals surface area contributed by atoms with Crippen molar-refractivity contribution in [3.63, 3.8) is 0 Å². The normalized spacial score (nSPS) is 10.5. The Balaban J connectivity index is 2.39. The summed E-state index contributed by atoms with van der Waals surface area (Å²) in [6, 6.07) is 6.38. The zero-order valence-corrected chi connectivity index (χ0v) is 16.4. The number of unbranched alkanes of at least 4 members (excludes halogenated alkanes) is 1. The number of benzene rings is 1. The van der Waals surface area contributed by atoms with Gasteiger partial charge >= 0.3 is 0 Å². The first-order valence-electron chi connectivity index (χ1n) is 8.29. The van der Waals surface area contributed by atoms with Gasteiger partial charge in [-0.05, 0) is 37.1 Å². The first kappa shape index (κ1) is 20.8. The highest BCUT2D eigenvalue weighted by Crippen LogP contribution is 2.28. The van der Waals surface area contributed by atoms with Gasteiger partial charge in [0.2, 0.25) is 11.7 Å². The van der Waals surface area contributed by atoms with E-state index in [4.69, 9.17) is 27.9 Å². The fourth-order valence-corrected chi connectivity index (χ4v) is 3.08. The van der Waals surface area contributed by atoms with Crippen LogP contribution in [0.5, 0.6) is 11.6 Å². The molecule has 0 saturated carbocycles. The Kier molecular flexibility index (Phi) is 6.89. The molecule has 0 aliphatic rings. The molecule has 0 amide bonds. The maximum atomic E-state index is 12.7. The molecule has 6 nitrogen and oxygen atoms in total. The van der Waals surface area contributed by atoms with E-state index in [1.165, 1.54) is 19.1 Å². The van der Waals surface area contributed by atoms with Gasteiger partial charge in [-0.1, -0.05) is 36.5 Å². The topological polar surface area (TPSA) is 92.3 Å². The van der Waals surface area contributed by atoms with E-state index in [0.717, 1.165) is 11.0 Å². The number of hydrogen-bond acceptors (Lipinski definition) is 5. The van der Waals surface area contributed by atoms with E-state index < -0.39 is 23.8 Å². The number of rotatable bonds is 7. The lowest BCUT2D eigenvalue weighted by molar-refractivity contribution is 0.0916. The summed E-state index contributed by atoms with van der Waals surface area (Å²) in [7, 11) is 0. The molecule has 1 aromatic carbocycles. The van der Waals surface area contributed by atoms with Crippen molar-refractivity contribution in [3.8, 4) is 17.7 Å². The number of nitrogens with zero attached hydrogens (tertiary/aromatic N) is 2. The molecule has 1 aromatic heterocycles.